The fourth-order valence-corrected chi connectivity index (χ4v) is 2.63. The quantitative estimate of drug-likeness (QED) is 0.610. The fourth-order valence-electron chi connectivity index (χ4n) is 2.63. The second-order valence-electron chi connectivity index (χ2n) is 5.50. The van der Waals surface area contributed by atoms with Crippen molar-refractivity contribution in [1.29, 1.82) is 0 Å². The van der Waals surface area contributed by atoms with Crippen LogP contribution in [0.25, 0.3) is 16.6 Å². The van der Waals surface area contributed by atoms with Gasteiger partial charge in [-0.15, -0.1) is 10.2 Å². The number of hydrogen-bond donors (Lipinski definition) is 2. The third kappa shape index (κ3) is 2.44. The Morgan fingerprint density at radius 3 is 3.04 bits per heavy atom. The van der Waals surface area contributed by atoms with Gasteiger partial charge in [0.05, 0.1) is 6.54 Å². The van der Waals surface area contributed by atoms with Gasteiger partial charge in [-0.3, -0.25) is 9.20 Å². The maximum absolute atomic E-state index is 12.3. The van der Waals surface area contributed by atoms with Crippen molar-refractivity contribution in [3.8, 4) is 0 Å². The van der Waals surface area contributed by atoms with Gasteiger partial charge in [-0.1, -0.05) is 18.2 Å². The van der Waals surface area contributed by atoms with E-state index in [0.29, 0.717) is 18.1 Å². The van der Waals surface area contributed by atoms with Crippen molar-refractivity contribution < 1.29 is 4.79 Å². The molecule has 0 aliphatic carbocycles. The number of carbonyl (C=O) groups excluding carboxylic acids is 1. The van der Waals surface area contributed by atoms with E-state index in [1.54, 1.807) is 0 Å². The molecule has 0 radical (unpaired) electrons. The normalized spacial score (nSPS) is 11.2. The van der Waals surface area contributed by atoms with Crippen molar-refractivity contribution in [2.24, 2.45) is 0 Å². The summed E-state index contributed by atoms with van der Waals surface area (Å²) in [4.78, 5) is 15.5. The molecule has 0 aliphatic rings. The van der Waals surface area contributed by atoms with Gasteiger partial charge in [-0.2, -0.15) is 0 Å². The molecule has 1 amide bonds. The minimum Gasteiger partial charge on any atom is -0.351 e. The van der Waals surface area contributed by atoms with Crippen molar-refractivity contribution >= 4 is 22.5 Å². The number of aryl methyl sites for hydroxylation is 1. The van der Waals surface area contributed by atoms with Crippen molar-refractivity contribution in [2.45, 2.75) is 13.5 Å². The maximum Gasteiger partial charge on any atom is 0.268 e. The van der Waals surface area contributed by atoms with Gasteiger partial charge in [0.2, 0.25) is 0 Å². The molecular weight excluding hydrogens is 290 g/mol. The van der Waals surface area contributed by atoms with Gasteiger partial charge in [-0.05, 0) is 36.8 Å². The third-order valence-corrected chi connectivity index (χ3v) is 3.81. The molecule has 0 saturated heterocycles. The van der Waals surface area contributed by atoms with Crippen LogP contribution in [0.15, 0.2) is 48.7 Å². The standard InChI is InChI=1S/C17H15N5O/c1-11-5-6-12-9-14(19-13(12)8-11)17(23)18-10-16-21-20-15-4-2-3-7-22(15)16/h2-9,19H,10H2,1H3,(H,18,23). The summed E-state index contributed by atoms with van der Waals surface area (Å²) in [5.74, 6) is 0.535. The van der Waals surface area contributed by atoms with Crippen LogP contribution in [0.4, 0.5) is 0 Å². The van der Waals surface area contributed by atoms with Crippen LogP contribution < -0.4 is 5.32 Å². The molecule has 4 rings (SSSR count). The molecule has 6 heteroatoms. The lowest BCUT2D eigenvalue weighted by atomic mass is 10.2. The van der Waals surface area contributed by atoms with Crippen LogP contribution in [0.3, 0.4) is 0 Å². The number of benzene rings is 1. The summed E-state index contributed by atoms with van der Waals surface area (Å²) in [6, 6.07) is 13.6. The Bertz CT molecular complexity index is 1010. The molecule has 3 heterocycles. The lowest BCUT2D eigenvalue weighted by Crippen LogP contribution is -2.24. The summed E-state index contributed by atoms with van der Waals surface area (Å²) in [5.41, 5.74) is 3.42. The fraction of sp³-hybridized carbons (Fsp3) is 0.118. The first kappa shape index (κ1) is 13.5. The molecule has 23 heavy (non-hydrogen) atoms. The smallest absolute Gasteiger partial charge is 0.268 e. The van der Waals surface area contributed by atoms with E-state index in [2.05, 4.69) is 20.5 Å². The summed E-state index contributed by atoms with van der Waals surface area (Å²) in [5, 5.41) is 12.1. The number of nitrogens with zero attached hydrogens (tertiary/aromatic N) is 3. The molecule has 4 aromatic rings. The van der Waals surface area contributed by atoms with Crippen LogP contribution in [0.2, 0.25) is 0 Å². The van der Waals surface area contributed by atoms with Crippen molar-refractivity contribution in [3.63, 3.8) is 0 Å². The number of hydrogen-bond acceptors (Lipinski definition) is 3. The van der Waals surface area contributed by atoms with Crippen molar-refractivity contribution in [3.05, 3.63) is 65.7 Å². The summed E-state index contributed by atoms with van der Waals surface area (Å²) in [7, 11) is 0. The highest BCUT2D eigenvalue weighted by Crippen LogP contribution is 2.16. The van der Waals surface area contributed by atoms with E-state index in [1.807, 2.05) is 60.0 Å². The molecule has 0 aliphatic heterocycles. The Labute approximate surface area is 132 Å². The van der Waals surface area contributed by atoms with Gasteiger partial charge in [0.15, 0.2) is 11.5 Å². The van der Waals surface area contributed by atoms with E-state index in [4.69, 9.17) is 0 Å². The van der Waals surface area contributed by atoms with Crippen molar-refractivity contribution in [2.75, 3.05) is 0 Å². The number of carbonyl (C=O) groups is 1. The molecule has 114 valence electrons. The van der Waals surface area contributed by atoms with Gasteiger partial charge < -0.3 is 10.3 Å². The average molecular weight is 305 g/mol. The topological polar surface area (TPSA) is 75.1 Å². The third-order valence-electron chi connectivity index (χ3n) is 3.81. The molecule has 2 N–H and O–H groups in total. The summed E-state index contributed by atoms with van der Waals surface area (Å²) >= 11 is 0. The van der Waals surface area contributed by atoms with Gasteiger partial charge in [0.25, 0.3) is 5.91 Å². The maximum atomic E-state index is 12.3. The molecule has 6 nitrogen and oxygen atoms in total. The monoisotopic (exact) mass is 305 g/mol. The van der Waals surface area contributed by atoms with Crippen LogP contribution in [0, 0.1) is 6.92 Å². The first-order valence-corrected chi connectivity index (χ1v) is 7.37. The minimum atomic E-state index is -0.161. The number of rotatable bonds is 3. The first-order valence-electron chi connectivity index (χ1n) is 7.37. The Kier molecular flexibility index (Phi) is 3.08. The summed E-state index contributed by atoms with van der Waals surface area (Å²) in [6.45, 7) is 2.34. The van der Waals surface area contributed by atoms with Crippen LogP contribution >= 0.6 is 0 Å². The number of nitrogens with one attached hydrogen (secondary N) is 2. The molecule has 0 fully saturated rings. The summed E-state index contributed by atoms with van der Waals surface area (Å²) in [6.07, 6.45) is 1.88. The lowest BCUT2D eigenvalue weighted by Gasteiger charge is -2.02. The highest BCUT2D eigenvalue weighted by Gasteiger charge is 2.11. The zero-order chi connectivity index (χ0) is 15.8. The van der Waals surface area contributed by atoms with E-state index < -0.39 is 0 Å². The zero-order valence-corrected chi connectivity index (χ0v) is 12.6. The van der Waals surface area contributed by atoms with E-state index in [0.717, 1.165) is 22.1 Å². The summed E-state index contributed by atoms with van der Waals surface area (Å²) < 4.78 is 1.86. The van der Waals surface area contributed by atoms with Crippen LogP contribution in [0.1, 0.15) is 21.9 Å². The Morgan fingerprint density at radius 1 is 1.22 bits per heavy atom. The predicted octanol–water partition coefficient (Wildman–Crippen LogP) is 2.45. The van der Waals surface area contributed by atoms with Gasteiger partial charge in [0, 0.05) is 17.1 Å². The second kappa shape index (κ2) is 5.24. The second-order valence-corrected chi connectivity index (χ2v) is 5.50. The molecule has 0 spiro atoms. The number of amides is 1. The molecule has 0 unspecified atom stereocenters. The molecule has 1 aromatic carbocycles. The molecule has 0 atom stereocenters. The van der Waals surface area contributed by atoms with E-state index in [9.17, 15) is 4.79 Å². The van der Waals surface area contributed by atoms with E-state index in [-0.39, 0.29) is 5.91 Å². The highest BCUT2D eigenvalue weighted by atomic mass is 16.1. The number of pyridine rings is 1. The zero-order valence-electron chi connectivity index (χ0n) is 12.6. The van der Waals surface area contributed by atoms with Crippen LogP contribution in [-0.4, -0.2) is 25.5 Å². The van der Waals surface area contributed by atoms with Crippen molar-refractivity contribution in [1.82, 2.24) is 24.9 Å². The molecule has 0 bridgehead atoms. The molecule has 3 aromatic heterocycles. The SMILES string of the molecule is Cc1ccc2cc(C(=O)NCc3nnc4ccccn34)[nH]c2c1. The minimum absolute atomic E-state index is 0.161. The number of aromatic amines is 1. The first-order chi connectivity index (χ1) is 11.2. The van der Waals surface area contributed by atoms with Gasteiger partial charge in [0.1, 0.15) is 5.69 Å². The number of H-pyrrole nitrogens is 1. The van der Waals surface area contributed by atoms with E-state index in [1.165, 1.54) is 0 Å². The van der Waals surface area contributed by atoms with Gasteiger partial charge >= 0.3 is 0 Å². The Hall–Kier alpha value is -3.15. The Morgan fingerprint density at radius 2 is 2.13 bits per heavy atom. The lowest BCUT2D eigenvalue weighted by molar-refractivity contribution is 0.0945. The Balaban J connectivity index is 1.55. The largest absolute Gasteiger partial charge is 0.351 e. The molecular formula is C17H15N5O. The van der Waals surface area contributed by atoms with E-state index >= 15 is 0 Å². The van der Waals surface area contributed by atoms with Gasteiger partial charge in [-0.25, -0.2) is 0 Å². The number of fused-ring (bicyclic) bond motifs is 2. The average Bonchev–Trinajstić information content (AvgIpc) is 3.16. The van der Waals surface area contributed by atoms with Crippen LogP contribution in [-0.2, 0) is 6.54 Å². The molecule has 0 saturated carbocycles. The van der Waals surface area contributed by atoms with Crippen LogP contribution in [0.5, 0.6) is 0 Å². The predicted molar refractivity (Wildman–Crippen MR) is 87.2 cm³/mol. The highest BCUT2D eigenvalue weighted by molar-refractivity contribution is 5.98. The number of aromatic nitrogens is 4.